The van der Waals surface area contributed by atoms with Crippen LogP contribution in [0.5, 0.6) is 0 Å². The molecule has 1 aliphatic rings. The number of hydrogen-bond donors (Lipinski definition) is 2. The third kappa shape index (κ3) is 4.83. The molecule has 0 atom stereocenters. The van der Waals surface area contributed by atoms with Gasteiger partial charge >= 0.3 is 6.03 Å². The van der Waals surface area contributed by atoms with Crippen LogP contribution in [0.4, 0.5) is 4.79 Å². The number of imidazole rings is 1. The van der Waals surface area contributed by atoms with E-state index in [1.54, 1.807) is 12.3 Å². The fourth-order valence-electron chi connectivity index (χ4n) is 2.67. The molecule has 0 aliphatic carbocycles. The van der Waals surface area contributed by atoms with E-state index < -0.39 is 0 Å². The molecule has 0 radical (unpaired) electrons. The van der Waals surface area contributed by atoms with Crippen LogP contribution in [0.25, 0.3) is 5.65 Å². The summed E-state index contributed by atoms with van der Waals surface area (Å²) in [6.45, 7) is 5.58. The first-order valence-electron chi connectivity index (χ1n) is 8.16. The quantitative estimate of drug-likeness (QED) is 0.774. The van der Waals surface area contributed by atoms with Gasteiger partial charge in [-0.15, -0.1) is 0 Å². The Hall–Kier alpha value is -1.83. The lowest BCUT2D eigenvalue weighted by Crippen LogP contribution is -2.39. The number of pyridine rings is 1. The van der Waals surface area contributed by atoms with Crippen LogP contribution in [0.3, 0.4) is 0 Å². The van der Waals surface area contributed by atoms with Gasteiger partial charge in [-0.25, -0.2) is 9.78 Å². The van der Waals surface area contributed by atoms with Crippen molar-refractivity contribution in [3.05, 3.63) is 35.2 Å². The van der Waals surface area contributed by atoms with Crippen molar-refractivity contribution in [2.45, 2.75) is 13.0 Å². The predicted octanol–water partition coefficient (Wildman–Crippen LogP) is 1.51. The van der Waals surface area contributed by atoms with Gasteiger partial charge < -0.3 is 19.8 Å². The van der Waals surface area contributed by atoms with Crippen LogP contribution in [0, 0.1) is 0 Å². The van der Waals surface area contributed by atoms with Gasteiger partial charge in [-0.3, -0.25) is 4.90 Å². The lowest BCUT2D eigenvalue weighted by atomic mass is 10.3. The molecule has 0 bridgehead atoms. The van der Waals surface area contributed by atoms with Crippen molar-refractivity contribution < 1.29 is 9.53 Å². The molecule has 1 fully saturated rings. The molecule has 130 valence electrons. The molecule has 2 amide bonds. The lowest BCUT2D eigenvalue weighted by Gasteiger charge is -2.26. The van der Waals surface area contributed by atoms with E-state index in [1.165, 1.54) is 0 Å². The number of carbonyl (C=O) groups is 1. The standard InChI is InChI=1S/C16H22ClN5O2/c17-13-2-3-15-20-14(12-22(15)11-13)10-19-16(23)18-4-1-5-21-6-8-24-9-7-21/h2-3,11-12H,1,4-10H2,(H2,18,19,23). The van der Waals surface area contributed by atoms with Gasteiger partial charge in [0.05, 0.1) is 30.5 Å². The van der Waals surface area contributed by atoms with Gasteiger partial charge in [0.2, 0.25) is 0 Å². The first-order valence-corrected chi connectivity index (χ1v) is 8.53. The molecule has 0 spiro atoms. The third-order valence-electron chi connectivity index (χ3n) is 3.94. The zero-order valence-electron chi connectivity index (χ0n) is 13.5. The van der Waals surface area contributed by atoms with Gasteiger partial charge in [0.15, 0.2) is 0 Å². The van der Waals surface area contributed by atoms with Crippen LogP contribution in [-0.2, 0) is 11.3 Å². The van der Waals surface area contributed by atoms with Crippen molar-refractivity contribution in [1.29, 1.82) is 0 Å². The second-order valence-corrected chi connectivity index (χ2v) is 6.20. The number of nitrogens with zero attached hydrogens (tertiary/aromatic N) is 3. The number of morpholine rings is 1. The van der Waals surface area contributed by atoms with Crippen molar-refractivity contribution in [2.75, 3.05) is 39.4 Å². The number of nitrogens with one attached hydrogen (secondary N) is 2. The van der Waals surface area contributed by atoms with Crippen molar-refractivity contribution in [3.63, 3.8) is 0 Å². The average Bonchev–Trinajstić information content (AvgIpc) is 3.00. The SMILES string of the molecule is O=C(NCCCN1CCOCC1)NCc1cn2cc(Cl)ccc2n1. The Morgan fingerprint density at radius 2 is 2.08 bits per heavy atom. The highest BCUT2D eigenvalue weighted by Crippen LogP contribution is 2.11. The number of amides is 2. The summed E-state index contributed by atoms with van der Waals surface area (Å²) in [5.41, 5.74) is 1.60. The van der Waals surface area contributed by atoms with E-state index >= 15 is 0 Å². The number of fused-ring (bicyclic) bond motifs is 1. The fraction of sp³-hybridized carbons (Fsp3) is 0.500. The van der Waals surface area contributed by atoms with Crippen molar-refractivity contribution in [2.24, 2.45) is 0 Å². The molecule has 0 unspecified atom stereocenters. The van der Waals surface area contributed by atoms with Gasteiger partial charge in [0, 0.05) is 32.0 Å². The summed E-state index contributed by atoms with van der Waals surface area (Å²) in [6, 6.07) is 3.46. The van der Waals surface area contributed by atoms with Gasteiger partial charge in [0.25, 0.3) is 0 Å². The van der Waals surface area contributed by atoms with Crippen LogP contribution in [-0.4, -0.2) is 59.7 Å². The van der Waals surface area contributed by atoms with Crippen molar-refractivity contribution in [1.82, 2.24) is 24.9 Å². The Morgan fingerprint density at radius 3 is 2.92 bits per heavy atom. The molecule has 8 heteroatoms. The molecular formula is C16H22ClN5O2. The smallest absolute Gasteiger partial charge is 0.315 e. The minimum atomic E-state index is -0.174. The largest absolute Gasteiger partial charge is 0.379 e. The number of ether oxygens (including phenoxy) is 1. The monoisotopic (exact) mass is 351 g/mol. The molecule has 2 aromatic rings. The molecule has 7 nitrogen and oxygen atoms in total. The molecule has 3 heterocycles. The van der Waals surface area contributed by atoms with Crippen molar-refractivity contribution >= 4 is 23.3 Å². The zero-order valence-corrected chi connectivity index (χ0v) is 14.3. The highest BCUT2D eigenvalue weighted by atomic mass is 35.5. The van der Waals surface area contributed by atoms with E-state index in [-0.39, 0.29) is 6.03 Å². The number of rotatable bonds is 6. The van der Waals surface area contributed by atoms with Crippen LogP contribution in [0.2, 0.25) is 5.02 Å². The van der Waals surface area contributed by atoms with Gasteiger partial charge in [-0.05, 0) is 25.1 Å². The Kier molecular flexibility index (Phi) is 5.90. The van der Waals surface area contributed by atoms with Crippen LogP contribution in [0.15, 0.2) is 24.5 Å². The predicted molar refractivity (Wildman–Crippen MR) is 92.3 cm³/mol. The molecule has 24 heavy (non-hydrogen) atoms. The number of aromatic nitrogens is 2. The Labute approximate surface area is 145 Å². The van der Waals surface area contributed by atoms with Crippen LogP contribution in [0.1, 0.15) is 12.1 Å². The minimum Gasteiger partial charge on any atom is -0.379 e. The molecule has 2 N–H and O–H groups in total. The number of carbonyl (C=O) groups excluding carboxylic acids is 1. The van der Waals surface area contributed by atoms with Crippen LogP contribution >= 0.6 is 11.6 Å². The number of halogens is 1. The second-order valence-electron chi connectivity index (χ2n) is 5.76. The van der Waals surface area contributed by atoms with E-state index in [1.807, 2.05) is 16.7 Å². The molecular weight excluding hydrogens is 330 g/mol. The summed E-state index contributed by atoms with van der Waals surface area (Å²) in [7, 11) is 0. The van der Waals surface area contributed by atoms with E-state index in [4.69, 9.17) is 16.3 Å². The van der Waals surface area contributed by atoms with Crippen LogP contribution < -0.4 is 10.6 Å². The van der Waals surface area contributed by atoms with E-state index in [2.05, 4.69) is 20.5 Å². The molecule has 0 aromatic carbocycles. The Bertz CT molecular complexity index is 684. The molecule has 0 saturated carbocycles. The summed E-state index contributed by atoms with van der Waals surface area (Å²) in [4.78, 5) is 18.6. The highest BCUT2D eigenvalue weighted by molar-refractivity contribution is 6.30. The highest BCUT2D eigenvalue weighted by Gasteiger charge is 2.09. The molecule has 3 rings (SSSR count). The minimum absolute atomic E-state index is 0.174. The lowest BCUT2D eigenvalue weighted by molar-refractivity contribution is 0.0375. The van der Waals surface area contributed by atoms with E-state index in [9.17, 15) is 4.79 Å². The van der Waals surface area contributed by atoms with E-state index in [0.29, 0.717) is 18.1 Å². The van der Waals surface area contributed by atoms with Gasteiger partial charge in [-0.1, -0.05) is 11.6 Å². The number of hydrogen-bond acceptors (Lipinski definition) is 4. The summed E-state index contributed by atoms with van der Waals surface area (Å²) in [5.74, 6) is 0. The average molecular weight is 352 g/mol. The van der Waals surface area contributed by atoms with E-state index in [0.717, 1.165) is 50.6 Å². The normalized spacial score (nSPS) is 15.5. The fourth-order valence-corrected chi connectivity index (χ4v) is 2.83. The Balaban J connectivity index is 1.35. The summed E-state index contributed by atoms with van der Waals surface area (Å²) in [6.07, 6.45) is 4.58. The maximum atomic E-state index is 11.8. The van der Waals surface area contributed by atoms with Crippen molar-refractivity contribution in [3.8, 4) is 0 Å². The number of urea groups is 1. The zero-order chi connectivity index (χ0) is 16.8. The first-order chi connectivity index (χ1) is 11.7. The maximum Gasteiger partial charge on any atom is 0.315 e. The maximum absolute atomic E-state index is 11.8. The molecule has 1 aliphatic heterocycles. The third-order valence-corrected chi connectivity index (χ3v) is 4.16. The summed E-state index contributed by atoms with van der Waals surface area (Å²) < 4.78 is 7.16. The Morgan fingerprint density at radius 1 is 1.25 bits per heavy atom. The summed E-state index contributed by atoms with van der Waals surface area (Å²) >= 11 is 5.94. The first kappa shape index (κ1) is 17.0. The molecule has 1 saturated heterocycles. The van der Waals surface area contributed by atoms with Gasteiger partial charge in [0.1, 0.15) is 5.65 Å². The molecule has 2 aromatic heterocycles. The second kappa shape index (κ2) is 8.32. The van der Waals surface area contributed by atoms with Gasteiger partial charge in [-0.2, -0.15) is 0 Å². The summed E-state index contributed by atoms with van der Waals surface area (Å²) in [5, 5.41) is 6.34. The topological polar surface area (TPSA) is 70.9 Å².